The average Bonchev–Trinajstić information content (AvgIpc) is 2.82. The first-order valence-corrected chi connectivity index (χ1v) is 6.17. The van der Waals surface area contributed by atoms with E-state index in [1.54, 1.807) is 18.2 Å². The number of benzene rings is 1. The normalized spacial score (nSPS) is 17.5. The molecule has 0 spiro atoms. The van der Waals surface area contributed by atoms with Crippen molar-refractivity contribution in [3.8, 4) is 0 Å². The molecule has 94 valence electrons. The van der Waals surface area contributed by atoms with Gasteiger partial charge in [-0.25, -0.2) is 0 Å². The lowest BCUT2D eigenvalue weighted by Gasteiger charge is -2.07. The van der Waals surface area contributed by atoms with Gasteiger partial charge in [0.1, 0.15) is 5.69 Å². The number of rotatable bonds is 4. The van der Waals surface area contributed by atoms with E-state index in [1.165, 1.54) is 5.57 Å². The number of nitrogens with zero attached hydrogens (tertiary/aromatic N) is 2. The monoisotopic (exact) mass is 244 g/mol. The second kappa shape index (κ2) is 5.58. The topological polar surface area (TPSA) is 62.0 Å². The minimum absolute atomic E-state index is 0.403. The molecule has 0 aliphatic heterocycles. The summed E-state index contributed by atoms with van der Waals surface area (Å²) in [5.74, 6) is 0. The number of oxime groups is 1. The molecular weight excluding hydrogens is 228 g/mol. The Morgan fingerprint density at radius 3 is 2.83 bits per heavy atom. The van der Waals surface area contributed by atoms with Gasteiger partial charge in [0.15, 0.2) is 0 Å². The van der Waals surface area contributed by atoms with Crippen molar-refractivity contribution < 1.29 is 5.21 Å². The molecule has 0 radical (unpaired) electrons. The molecule has 0 aromatic heterocycles. The Balaban J connectivity index is 2.49. The maximum absolute atomic E-state index is 10.6. The first-order chi connectivity index (χ1) is 8.80. The molecule has 0 atom stereocenters. The van der Waals surface area contributed by atoms with Crippen molar-refractivity contribution in [3.05, 3.63) is 40.3 Å². The van der Waals surface area contributed by atoms with Crippen LogP contribution in [0.3, 0.4) is 0 Å². The van der Waals surface area contributed by atoms with E-state index < -0.39 is 0 Å². The van der Waals surface area contributed by atoms with Crippen LogP contribution < -0.4 is 0 Å². The minimum atomic E-state index is 0.403. The van der Waals surface area contributed by atoms with Gasteiger partial charge >= 0.3 is 0 Å². The Bertz CT molecular complexity index is 518. The second-order valence-electron chi connectivity index (χ2n) is 4.42. The summed E-state index contributed by atoms with van der Waals surface area (Å²) in [6.45, 7) is 2.13. The molecule has 0 heterocycles. The number of hydrogen-bond acceptors (Lipinski definition) is 4. The molecule has 1 aliphatic carbocycles. The third-order valence-corrected chi connectivity index (χ3v) is 3.22. The summed E-state index contributed by atoms with van der Waals surface area (Å²) in [6.07, 6.45) is 3.75. The van der Waals surface area contributed by atoms with Gasteiger partial charge in [-0.15, -0.1) is 4.91 Å². The van der Waals surface area contributed by atoms with Gasteiger partial charge in [-0.05, 0) is 42.1 Å². The average molecular weight is 244 g/mol. The molecule has 18 heavy (non-hydrogen) atoms. The van der Waals surface area contributed by atoms with E-state index >= 15 is 0 Å². The fourth-order valence-corrected chi connectivity index (χ4v) is 2.46. The predicted molar refractivity (Wildman–Crippen MR) is 72.2 cm³/mol. The Kier molecular flexibility index (Phi) is 3.87. The zero-order valence-electron chi connectivity index (χ0n) is 10.4. The highest BCUT2D eigenvalue weighted by atomic mass is 16.4. The quantitative estimate of drug-likeness (QED) is 0.488. The maximum Gasteiger partial charge on any atom is 0.108 e. The Morgan fingerprint density at radius 2 is 2.17 bits per heavy atom. The summed E-state index contributed by atoms with van der Waals surface area (Å²) in [4.78, 5) is 10.6. The first kappa shape index (κ1) is 12.5. The van der Waals surface area contributed by atoms with Crippen molar-refractivity contribution >= 4 is 17.0 Å². The summed E-state index contributed by atoms with van der Waals surface area (Å²) in [5, 5.41) is 15.4. The highest BCUT2D eigenvalue weighted by Gasteiger charge is 2.22. The van der Waals surface area contributed by atoms with Crippen molar-refractivity contribution in [3.63, 3.8) is 0 Å². The van der Waals surface area contributed by atoms with E-state index in [0.29, 0.717) is 11.4 Å². The lowest BCUT2D eigenvalue weighted by atomic mass is 9.98. The molecule has 0 saturated carbocycles. The van der Waals surface area contributed by atoms with Crippen LogP contribution in [-0.2, 0) is 0 Å². The van der Waals surface area contributed by atoms with Crippen LogP contribution in [0.15, 0.2) is 40.2 Å². The molecule has 4 heteroatoms. The third-order valence-electron chi connectivity index (χ3n) is 3.22. The Hall–Kier alpha value is -1.97. The van der Waals surface area contributed by atoms with Crippen LogP contribution in [0.4, 0.5) is 5.69 Å². The smallest absolute Gasteiger partial charge is 0.108 e. The van der Waals surface area contributed by atoms with E-state index in [9.17, 15) is 4.91 Å². The van der Waals surface area contributed by atoms with E-state index in [1.807, 2.05) is 6.07 Å². The van der Waals surface area contributed by atoms with Gasteiger partial charge in [-0.1, -0.05) is 36.2 Å². The molecule has 0 saturated heterocycles. The highest BCUT2D eigenvalue weighted by Crippen LogP contribution is 2.35. The summed E-state index contributed by atoms with van der Waals surface area (Å²) in [7, 11) is 0. The molecule has 0 bridgehead atoms. The van der Waals surface area contributed by atoms with Crippen LogP contribution in [0.5, 0.6) is 0 Å². The highest BCUT2D eigenvalue weighted by molar-refractivity contribution is 6.26. The molecule has 0 unspecified atom stereocenters. The first-order valence-electron chi connectivity index (χ1n) is 6.17. The largest absolute Gasteiger partial charge is 0.411 e. The van der Waals surface area contributed by atoms with Crippen molar-refractivity contribution in [2.24, 2.45) is 10.3 Å². The van der Waals surface area contributed by atoms with Crippen molar-refractivity contribution in [2.45, 2.75) is 32.6 Å². The summed E-state index contributed by atoms with van der Waals surface area (Å²) < 4.78 is 0. The molecule has 0 fully saturated rings. The molecular formula is C14H16N2O2. The summed E-state index contributed by atoms with van der Waals surface area (Å²) >= 11 is 0. The van der Waals surface area contributed by atoms with E-state index in [4.69, 9.17) is 5.21 Å². The van der Waals surface area contributed by atoms with Crippen LogP contribution in [-0.4, -0.2) is 10.9 Å². The standard InChI is InChI=1S/C14H16N2O2/c1-2-4-10-7-8-13(16-18)14(10)11-5-3-6-12(9-11)15-17/h3,5-6,9,18H,2,4,7-8H2,1H3/b16-13+. The van der Waals surface area contributed by atoms with Gasteiger partial charge in [0.2, 0.25) is 0 Å². The van der Waals surface area contributed by atoms with Crippen LogP contribution >= 0.6 is 0 Å². The molecule has 0 amide bonds. The molecule has 1 N–H and O–H groups in total. The third kappa shape index (κ3) is 2.32. The van der Waals surface area contributed by atoms with Crippen molar-refractivity contribution in [1.82, 2.24) is 0 Å². The number of allylic oxidation sites excluding steroid dienone is 2. The molecule has 1 aromatic rings. The summed E-state index contributed by atoms with van der Waals surface area (Å²) in [6, 6.07) is 7.14. The van der Waals surface area contributed by atoms with E-state index in [0.717, 1.165) is 36.8 Å². The number of hydrogen-bond donors (Lipinski definition) is 1. The van der Waals surface area contributed by atoms with E-state index in [2.05, 4.69) is 17.3 Å². The van der Waals surface area contributed by atoms with Gasteiger partial charge in [0, 0.05) is 5.57 Å². The fourth-order valence-electron chi connectivity index (χ4n) is 2.46. The van der Waals surface area contributed by atoms with Crippen LogP contribution in [0, 0.1) is 4.91 Å². The van der Waals surface area contributed by atoms with Gasteiger partial charge in [-0.2, -0.15) is 0 Å². The Labute approximate surface area is 106 Å². The maximum atomic E-state index is 10.6. The SMILES string of the molecule is CCCC1=C(c2cccc(N=O)c2)/C(=N/O)CC1. The number of nitroso groups, excluding NO2 is 1. The Morgan fingerprint density at radius 1 is 1.33 bits per heavy atom. The summed E-state index contributed by atoms with van der Waals surface area (Å²) in [5.41, 5.74) is 4.32. The second-order valence-corrected chi connectivity index (χ2v) is 4.42. The van der Waals surface area contributed by atoms with Crippen molar-refractivity contribution in [1.29, 1.82) is 0 Å². The zero-order chi connectivity index (χ0) is 13.0. The van der Waals surface area contributed by atoms with Crippen LogP contribution in [0.2, 0.25) is 0 Å². The van der Waals surface area contributed by atoms with Gasteiger partial charge < -0.3 is 5.21 Å². The molecule has 4 nitrogen and oxygen atoms in total. The predicted octanol–water partition coefficient (Wildman–Crippen LogP) is 4.26. The molecule has 1 aliphatic rings. The molecule has 1 aromatic carbocycles. The van der Waals surface area contributed by atoms with Gasteiger partial charge in [-0.3, -0.25) is 0 Å². The van der Waals surface area contributed by atoms with Crippen LogP contribution in [0.25, 0.3) is 5.57 Å². The minimum Gasteiger partial charge on any atom is -0.411 e. The molecule has 2 rings (SSSR count). The van der Waals surface area contributed by atoms with Crippen LogP contribution in [0.1, 0.15) is 38.2 Å². The van der Waals surface area contributed by atoms with Gasteiger partial charge in [0.25, 0.3) is 0 Å². The lowest BCUT2D eigenvalue weighted by molar-refractivity contribution is 0.319. The van der Waals surface area contributed by atoms with E-state index in [-0.39, 0.29) is 0 Å². The lowest BCUT2D eigenvalue weighted by Crippen LogP contribution is -1.97. The van der Waals surface area contributed by atoms with Crippen molar-refractivity contribution in [2.75, 3.05) is 0 Å². The van der Waals surface area contributed by atoms with Gasteiger partial charge in [0.05, 0.1) is 5.71 Å². The fraction of sp³-hybridized carbons (Fsp3) is 0.357. The zero-order valence-corrected chi connectivity index (χ0v) is 10.4.